The monoisotopic (exact) mass is 626 g/mol. The highest BCUT2D eigenvalue weighted by molar-refractivity contribution is 9.10. The van der Waals surface area contributed by atoms with Gasteiger partial charge in [-0.2, -0.15) is 0 Å². The molecule has 37 heavy (non-hydrogen) atoms. The zero-order valence-corrected chi connectivity index (χ0v) is 23.9. The van der Waals surface area contributed by atoms with Crippen LogP contribution in [0.25, 0.3) is 0 Å². The summed E-state index contributed by atoms with van der Waals surface area (Å²) in [5.41, 5.74) is 1.96. The first-order valence-electron chi connectivity index (χ1n) is 12.7. The maximum absolute atomic E-state index is 13.8. The molecular weight excluding hydrogens is 596 g/mol. The van der Waals surface area contributed by atoms with Crippen molar-refractivity contribution in [1.29, 1.82) is 0 Å². The van der Waals surface area contributed by atoms with E-state index in [1.54, 1.807) is 4.90 Å². The number of ether oxygens (including phenoxy) is 1. The number of hydrogen-bond acceptors (Lipinski definition) is 3. The van der Waals surface area contributed by atoms with Crippen LogP contribution in [0.5, 0.6) is 5.75 Å². The second-order valence-corrected chi connectivity index (χ2v) is 11.3. The quantitative estimate of drug-likeness (QED) is 0.273. The number of nitrogens with zero attached hydrogens (tertiary/aromatic N) is 1. The third kappa shape index (κ3) is 8.44. The van der Waals surface area contributed by atoms with Gasteiger partial charge in [0.2, 0.25) is 5.91 Å². The molecule has 0 saturated heterocycles. The van der Waals surface area contributed by atoms with Gasteiger partial charge >= 0.3 is 0 Å². The predicted octanol–water partition coefficient (Wildman–Crippen LogP) is 6.68. The van der Waals surface area contributed by atoms with E-state index in [1.165, 1.54) is 6.42 Å². The molecule has 0 spiro atoms. The Morgan fingerprint density at radius 2 is 1.46 bits per heavy atom. The Morgan fingerprint density at radius 3 is 2.11 bits per heavy atom. The summed E-state index contributed by atoms with van der Waals surface area (Å²) in [6.45, 7) is 0.158. The standard InChI is InChI=1S/C30H32Br2N2O3/c31-24-13-11-23(12-14-24)20-34(29(35)21-37-27-17-15-25(32)16-18-27)28(19-22-7-3-1-4-8-22)30(36)33-26-9-5-2-6-10-26/h1,3-4,7-8,11-18,26,28H,2,5-6,9-10,19-21H2,(H,33,36). The van der Waals surface area contributed by atoms with E-state index in [4.69, 9.17) is 4.74 Å². The van der Waals surface area contributed by atoms with E-state index in [-0.39, 0.29) is 24.5 Å². The molecule has 1 N–H and O–H groups in total. The predicted molar refractivity (Wildman–Crippen MR) is 153 cm³/mol. The van der Waals surface area contributed by atoms with Crippen molar-refractivity contribution in [1.82, 2.24) is 10.2 Å². The van der Waals surface area contributed by atoms with Crippen molar-refractivity contribution in [3.05, 3.63) is 98.9 Å². The Morgan fingerprint density at radius 1 is 0.838 bits per heavy atom. The zero-order chi connectivity index (χ0) is 26.0. The average molecular weight is 628 g/mol. The van der Waals surface area contributed by atoms with Crippen LogP contribution in [0.3, 0.4) is 0 Å². The van der Waals surface area contributed by atoms with Crippen LogP contribution >= 0.6 is 31.9 Å². The minimum Gasteiger partial charge on any atom is -0.484 e. The summed E-state index contributed by atoms with van der Waals surface area (Å²) in [6, 6.07) is 24.6. The van der Waals surface area contributed by atoms with Crippen molar-refractivity contribution in [3.8, 4) is 5.75 Å². The van der Waals surface area contributed by atoms with Gasteiger partial charge < -0.3 is 15.0 Å². The molecule has 0 heterocycles. The summed E-state index contributed by atoms with van der Waals surface area (Å²) in [7, 11) is 0. The first-order chi connectivity index (χ1) is 18.0. The van der Waals surface area contributed by atoms with Gasteiger partial charge in [0.25, 0.3) is 5.91 Å². The summed E-state index contributed by atoms with van der Waals surface area (Å²) in [4.78, 5) is 29.1. The lowest BCUT2D eigenvalue weighted by Gasteiger charge is -2.33. The third-order valence-electron chi connectivity index (χ3n) is 6.66. The lowest BCUT2D eigenvalue weighted by Crippen LogP contribution is -2.53. The molecular formula is C30H32Br2N2O3. The van der Waals surface area contributed by atoms with Gasteiger partial charge in [0, 0.05) is 28.0 Å². The van der Waals surface area contributed by atoms with E-state index < -0.39 is 6.04 Å². The molecule has 5 nitrogen and oxygen atoms in total. The molecule has 2 amide bonds. The molecule has 194 valence electrons. The first kappa shape index (κ1) is 27.4. The van der Waals surface area contributed by atoms with E-state index in [0.29, 0.717) is 18.7 Å². The molecule has 1 aliphatic rings. The molecule has 0 radical (unpaired) electrons. The van der Waals surface area contributed by atoms with E-state index >= 15 is 0 Å². The highest BCUT2D eigenvalue weighted by Crippen LogP contribution is 2.21. The van der Waals surface area contributed by atoms with Crippen molar-refractivity contribution >= 4 is 43.7 Å². The van der Waals surface area contributed by atoms with Crippen LogP contribution in [0.4, 0.5) is 0 Å². The van der Waals surface area contributed by atoms with Crippen molar-refractivity contribution in [2.45, 2.75) is 57.2 Å². The fourth-order valence-corrected chi connectivity index (χ4v) is 5.17. The van der Waals surface area contributed by atoms with Crippen molar-refractivity contribution in [2.24, 2.45) is 0 Å². The molecule has 1 fully saturated rings. The van der Waals surface area contributed by atoms with Crippen LogP contribution < -0.4 is 10.1 Å². The van der Waals surface area contributed by atoms with E-state index in [9.17, 15) is 9.59 Å². The number of benzene rings is 3. The number of hydrogen-bond donors (Lipinski definition) is 1. The Bertz CT molecular complexity index is 1150. The molecule has 3 aromatic rings. The highest BCUT2D eigenvalue weighted by Gasteiger charge is 2.32. The molecule has 7 heteroatoms. The second-order valence-electron chi connectivity index (χ2n) is 9.44. The Labute approximate surface area is 235 Å². The lowest BCUT2D eigenvalue weighted by molar-refractivity contribution is -0.143. The Balaban J connectivity index is 1.59. The zero-order valence-electron chi connectivity index (χ0n) is 20.7. The highest BCUT2D eigenvalue weighted by atomic mass is 79.9. The maximum atomic E-state index is 13.8. The molecule has 1 unspecified atom stereocenters. The maximum Gasteiger partial charge on any atom is 0.261 e. The summed E-state index contributed by atoms with van der Waals surface area (Å²) in [6.07, 6.45) is 5.85. The van der Waals surface area contributed by atoms with Crippen molar-refractivity contribution in [3.63, 3.8) is 0 Å². The van der Waals surface area contributed by atoms with E-state index in [1.807, 2.05) is 78.9 Å². The van der Waals surface area contributed by atoms with E-state index in [0.717, 1.165) is 45.8 Å². The molecule has 1 aliphatic carbocycles. The normalized spacial score (nSPS) is 14.5. The van der Waals surface area contributed by atoms with Crippen LogP contribution in [-0.4, -0.2) is 35.4 Å². The summed E-state index contributed by atoms with van der Waals surface area (Å²) < 4.78 is 7.74. The summed E-state index contributed by atoms with van der Waals surface area (Å²) in [5.74, 6) is 0.266. The molecule has 0 aliphatic heterocycles. The van der Waals surface area contributed by atoms with Crippen molar-refractivity contribution < 1.29 is 14.3 Å². The van der Waals surface area contributed by atoms with Crippen LogP contribution in [0.1, 0.15) is 43.2 Å². The first-order valence-corrected chi connectivity index (χ1v) is 14.3. The van der Waals surface area contributed by atoms with Gasteiger partial charge in [-0.1, -0.05) is 93.6 Å². The smallest absolute Gasteiger partial charge is 0.261 e. The van der Waals surface area contributed by atoms with Crippen LogP contribution in [0.2, 0.25) is 0 Å². The van der Waals surface area contributed by atoms with Gasteiger partial charge in [0.1, 0.15) is 11.8 Å². The molecule has 0 bridgehead atoms. The molecule has 1 atom stereocenters. The molecule has 1 saturated carbocycles. The molecule has 0 aromatic heterocycles. The van der Waals surface area contributed by atoms with Gasteiger partial charge in [-0.3, -0.25) is 9.59 Å². The number of halogens is 2. The number of carbonyl (C=O) groups is 2. The van der Waals surface area contributed by atoms with Crippen molar-refractivity contribution in [2.75, 3.05) is 6.61 Å². The minimum atomic E-state index is -0.658. The fraction of sp³-hybridized carbons (Fsp3) is 0.333. The fourth-order valence-electron chi connectivity index (χ4n) is 4.64. The second kappa shape index (κ2) is 13.8. The van der Waals surface area contributed by atoms with Gasteiger partial charge in [-0.25, -0.2) is 0 Å². The average Bonchev–Trinajstić information content (AvgIpc) is 2.92. The Hall–Kier alpha value is -2.64. The minimum absolute atomic E-state index is 0.107. The van der Waals surface area contributed by atoms with E-state index in [2.05, 4.69) is 37.2 Å². The van der Waals surface area contributed by atoms with Crippen LogP contribution in [-0.2, 0) is 22.6 Å². The van der Waals surface area contributed by atoms with Crippen LogP contribution in [0.15, 0.2) is 87.8 Å². The van der Waals surface area contributed by atoms with Gasteiger partial charge in [0.15, 0.2) is 6.61 Å². The number of nitrogens with one attached hydrogen (secondary N) is 1. The summed E-state index contributed by atoms with van der Waals surface area (Å²) >= 11 is 6.90. The number of rotatable bonds is 10. The topological polar surface area (TPSA) is 58.6 Å². The number of amides is 2. The molecule has 4 rings (SSSR count). The molecule has 3 aromatic carbocycles. The van der Waals surface area contributed by atoms with Gasteiger partial charge in [0.05, 0.1) is 0 Å². The lowest BCUT2D eigenvalue weighted by atomic mass is 9.94. The van der Waals surface area contributed by atoms with Crippen LogP contribution in [0, 0.1) is 0 Å². The largest absolute Gasteiger partial charge is 0.484 e. The number of carbonyl (C=O) groups excluding carboxylic acids is 2. The third-order valence-corrected chi connectivity index (χ3v) is 7.72. The SMILES string of the molecule is O=C(NC1CCCCC1)C(Cc1ccccc1)N(Cc1ccc(Br)cc1)C(=O)COc1ccc(Br)cc1. The Kier molecular flexibility index (Phi) is 10.2. The van der Waals surface area contributed by atoms with Gasteiger partial charge in [-0.05, 0) is 60.4 Å². The summed E-state index contributed by atoms with van der Waals surface area (Å²) in [5, 5.41) is 3.26. The van der Waals surface area contributed by atoms with Gasteiger partial charge in [-0.15, -0.1) is 0 Å².